The summed E-state index contributed by atoms with van der Waals surface area (Å²) in [6.07, 6.45) is 4.85. The van der Waals surface area contributed by atoms with E-state index in [0.717, 1.165) is 74.4 Å². The fourth-order valence-electron chi connectivity index (χ4n) is 6.25. The highest BCUT2D eigenvalue weighted by molar-refractivity contribution is 5.99. The zero-order valence-electron chi connectivity index (χ0n) is 25.4. The number of imidazole rings is 1. The predicted molar refractivity (Wildman–Crippen MR) is 165 cm³/mol. The minimum atomic E-state index is -0.428. The number of aromatic nitrogens is 3. The van der Waals surface area contributed by atoms with E-state index in [1.165, 1.54) is 13.2 Å². The Kier molecular flexibility index (Phi) is 8.33. The normalized spacial score (nSPS) is 18.9. The van der Waals surface area contributed by atoms with Crippen LogP contribution in [-0.2, 0) is 29.2 Å². The van der Waals surface area contributed by atoms with Gasteiger partial charge in [0.2, 0.25) is 5.88 Å². The number of Topliss-reactive ketones (excluding diaryl/α,β-unsaturated/α-hetero) is 1. The Morgan fingerprint density at radius 3 is 2.49 bits per heavy atom. The molecule has 10 heteroatoms. The first-order valence-corrected chi connectivity index (χ1v) is 15.8. The number of methoxy groups -OCH3 is 1. The molecule has 3 fully saturated rings. The number of rotatable bonds is 11. The van der Waals surface area contributed by atoms with Gasteiger partial charge in [0, 0.05) is 41.3 Å². The first kappa shape index (κ1) is 29.6. The van der Waals surface area contributed by atoms with Crippen molar-refractivity contribution < 1.29 is 28.2 Å². The number of pyridine rings is 1. The van der Waals surface area contributed by atoms with Gasteiger partial charge in [-0.15, -0.1) is 0 Å². The Hall–Kier alpha value is -4.15. The van der Waals surface area contributed by atoms with E-state index in [4.69, 9.17) is 24.2 Å². The number of piperidine rings is 1. The van der Waals surface area contributed by atoms with Crippen LogP contribution in [0.1, 0.15) is 75.8 Å². The molecule has 1 saturated carbocycles. The summed E-state index contributed by atoms with van der Waals surface area (Å²) in [5.74, 6) is 1.01. The van der Waals surface area contributed by atoms with Gasteiger partial charge in [-0.1, -0.05) is 18.2 Å². The second-order valence-electron chi connectivity index (χ2n) is 12.3. The van der Waals surface area contributed by atoms with Gasteiger partial charge in [0.15, 0.2) is 5.78 Å². The summed E-state index contributed by atoms with van der Waals surface area (Å²) in [6.45, 7) is 4.02. The molecule has 0 spiro atoms. The quantitative estimate of drug-likeness (QED) is 0.157. The zero-order chi connectivity index (χ0) is 30.9. The SMILES string of the molecule is COC(=O)c1ccc2nc(CN3CCC(c4cccc(OCc5ccc(C(=O)C6CC6)cc5F)n4)CC3)n(CC3CCO3)c2c1. The third-order valence-corrected chi connectivity index (χ3v) is 9.21. The van der Waals surface area contributed by atoms with Gasteiger partial charge in [-0.2, -0.15) is 0 Å². The number of carbonyl (C=O) groups excluding carboxylic acids is 2. The summed E-state index contributed by atoms with van der Waals surface area (Å²) in [7, 11) is 1.39. The number of halogens is 1. The Balaban J connectivity index is 0.981. The molecule has 3 aliphatic rings. The number of benzene rings is 2. The van der Waals surface area contributed by atoms with Crippen LogP contribution in [-0.4, -0.2) is 64.1 Å². The molecule has 234 valence electrons. The average molecular weight is 613 g/mol. The van der Waals surface area contributed by atoms with Crippen molar-refractivity contribution in [1.29, 1.82) is 0 Å². The second-order valence-corrected chi connectivity index (χ2v) is 12.3. The summed E-state index contributed by atoms with van der Waals surface area (Å²) in [4.78, 5) is 36.6. The van der Waals surface area contributed by atoms with Crippen molar-refractivity contribution in [1.82, 2.24) is 19.4 Å². The third kappa shape index (κ3) is 6.48. The molecular formula is C35H37FN4O5. The molecule has 0 N–H and O–H groups in total. The number of ketones is 1. The van der Waals surface area contributed by atoms with Crippen LogP contribution in [0, 0.1) is 11.7 Å². The molecule has 1 aliphatic carbocycles. The largest absolute Gasteiger partial charge is 0.473 e. The molecular weight excluding hydrogens is 575 g/mol. The number of hydrogen-bond acceptors (Lipinski definition) is 8. The molecule has 1 atom stereocenters. The molecule has 1 unspecified atom stereocenters. The number of nitrogens with zero attached hydrogens (tertiary/aromatic N) is 4. The molecule has 45 heavy (non-hydrogen) atoms. The van der Waals surface area contributed by atoms with E-state index < -0.39 is 5.82 Å². The van der Waals surface area contributed by atoms with E-state index in [9.17, 15) is 14.0 Å². The first-order chi connectivity index (χ1) is 21.9. The van der Waals surface area contributed by atoms with Crippen molar-refractivity contribution in [2.24, 2.45) is 5.92 Å². The Morgan fingerprint density at radius 1 is 0.978 bits per heavy atom. The smallest absolute Gasteiger partial charge is 0.337 e. The molecule has 2 aromatic carbocycles. The van der Waals surface area contributed by atoms with Crippen LogP contribution < -0.4 is 4.74 Å². The standard InChI is InChI=1S/C35H37FN4O5/c1-43-35(42)25-9-10-30-31(18-25)40(19-27-13-16-44-27)32(37-30)20-39-14-11-22(12-15-39)29-3-2-4-33(38-29)45-21-26-8-7-24(17-28(26)36)34(41)23-5-6-23/h2-4,7-10,17-18,22-23,27H,5-6,11-16,19-21H2,1H3. The molecule has 2 saturated heterocycles. The van der Waals surface area contributed by atoms with E-state index >= 15 is 0 Å². The fourth-order valence-corrected chi connectivity index (χ4v) is 6.25. The van der Waals surface area contributed by atoms with E-state index in [0.29, 0.717) is 41.6 Å². The van der Waals surface area contributed by atoms with Crippen LogP contribution in [0.15, 0.2) is 54.6 Å². The van der Waals surface area contributed by atoms with E-state index in [1.807, 2.05) is 24.3 Å². The average Bonchev–Trinajstić information content (AvgIpc) is 3.84. The van der Waals surface area contributed by atoms with Crippen molar-refractivity contribution in [2.45, 2.75) is 63.8 Å². The van der Waals surface area contributed by atoms with Gasteiger partial charge in [0.25, 0.3) is 0 Å². The van der Waals surface area contributed by atoms with Crippen molar-refractivity contribution in [3.8, 4) is 5.88 Å². The number of carbonyl (C=O) groups is 2. The predicted octanol–water partition coefficient (Wildman–Crippen LogP) is 5.70. The number of fused-ring (bicyclic) bond motifs is 1. The Bertz CT molecular complexity index is 1720. The Labute approximate surface area is 261 Å². The van der Waals surface area contributed by atoms with Crippen LogP contribution in [0.5, 0.6) is 5.88 Å². The molecule has 0 amide bonds. The summed E-state index contributed by atoms with van der Waals surface area (Å²) >= 11 is 0. The first-order valence-electron chi connectivity index (χ1n) is 15.8. The molecule has 0 radical (unpaired) electrons. The second kappa shape index (κ2) is 12.7. The van der Waals surface area contributed by atoms with Gasteiger partial charge >= 0.3 is 5.97 Å². The topological polar surface area (TPSA) is 95.8 Å². The lowest BCUT2D eigenvalue weighted by atomic mass is 9.93. The maximum Gasteiger partial charge on any atom is 0.337 e. The maximum absolute atomic E-state index is 14.7. The number of likely N-dealkylation sites (tertiary alicyclic amines) is 1. The number of ether oxygens (including phenoxy) is 3. The van der Waals surface area contributed by atoms with Crippen molar-refractivity contribution in [3.63, 3.8) is 0 Å². The summed E-state index contributed by atoms with van der Waals surface area (Å²) < 4.78 is 33.5. The highest BCUT2D eigenvalue weighted by atomic mass is 19.1. The van der Waals surface area contributed by atoms with Crippen LogP contribution in [0.2, 0.25) is 0 Å². The third-order valence-electron chi connectivity index (χ3n) is 9.21. The van der Waals surface area contributed by atoms with Crippen molar-refractivity contribution >= 4 is 22.8 Å². The van der Waals surface area contributed by atoms with Crippen LogP contribution >= 0.6 is 0 Å². The molecule has 4 aromatic rings. The van der Waals surface area contributed by atoms with Gasteiger partial charge in [0.05, 0.1) is 42.9 Å². The molecule has 0 bridgehead atoms. The Morgan fingerprint density at radius 2 is 1.78 bits per heavy atom. The number of esters is 1. The lowest BCUT2D eigenvalue weighted by Crippen LogP contribution is -2.35. The van der Waals surface area contributed by atoms with E-state index in [2.05, 4.69) is 9.47 Å². The number of hydrogen-bond donors (Lipinski definition) is 0. The van der Waals surface area contributed by atoms with Crippen LogP contribution in [0.4, 0.5) is 4.39 Å². The summed E-state index contributed by atoms with van der Waals surface area (Å²) in [5.41, 5.74) is 4.09. The van der Waals surface area contributed by atoms with Gasteiger partial charge in [-0.25, -0.2) is 19.2 Å². The monoisotopic (exact) mass is 612 g/mol. The molecule has 9 nitrogen and oxygen atoms in total. The molecule has 2 aliphatic heterocycles. The van der Waals surface area contributed by atoms with E-state index in [-0.39, 0.29) is 30.4 Å². The van der Waals surface area contributed by atoms with Gasteiger partial charge in [-0.05, 0) is 75.5 Å². The molecule has 7 rings (SSSR count). The highest BCUT2D eigenvalue weighted by Gasteiger charge is 2.31. The fraction of sp³-hybridized carbons (Fsp3) is 0.429. The summed E-state index contributed by atoms with van der Waals surface area (Å²) in [5, 5.41) is 0. The lowest BCUT2D eigenvalue weighted by molar-refractivity contribution is -0.0592. The van der Waals surface area contributed by atoms with E-state index in [1.54, 1.807) is 24.3 Å². The maximum atomic E-state index is 14.7. The zero-order valence-corrected chi connectivity index (χ0v) is 25.4. The lowest BCUT2D eigenvalue weighted by Gasteiger charge is -2.32. The van der Waals surface area contributed by atoms with Gasteiger partial charge in [0.1, 0.15) is 18.2 Å². The van der Waals surface area contributed by atoms with Gasteiger partial charge < -0.3 is 18.8 Å². The molecule has 2 aromatic heterocycles. The minimum absolute atomic E-state index is 0.0259. The highest BCUT2D eigenvalue weighted by Crippen LogP contribution is 2.33. The minimum Gasteiger partial charge on any atom is -0.473 e. The van der Waals surface area contributed by atoms with Gasteiger partial charge in [-0.3, -0.25) is 9.69 Å². The van der Waals surface area contributed by atoms with Crippen molar-refractivity contribution in [2.75, 3.05) is 26.8 Å². The van der Waals surface area contributed by atoms with Crippen LogP contribution in [0.3, 0.4) is 0 Å². The molecule has 4 heterocycles. The summed E-state index contributed by atoms with van der Waals surface area (Å²) in [6, 6.07) is 15.9. The van der Waals surface area contributed by atoms with Crippen LogP contribution in [0.25, 0.3) is 11.0 Å². The van der Waals surface area contributed by atoms with Crippen molar-refractivity contribution in [3.05, 3.63) is 88.6 Å².